The molecule has 0 spiro atoms. The maximum atomic E-state index is 2.44. The molecule has 1 aromatic carbocycles. The van der Waals surface area contributed by atoms with Gasteiger partial charge in [-0.1, -0.05) is 73.7 Å². The van der Waals surface area contributed by atoms with Gasteiger partial charge in [-0.2, -0.15) is 0 Å². The number of para-hydroxylation sites is 1. The van der Waals surface area contributed by atoms with E-state index < -0.39 is 0 Å². The Morgan fingerprint density at radius 2 is 1.92 bits per heavy atom. The van der Waals surface area contributed by atoms with Crippen molar-refractivity contribution in [3.63, 3.8) is 0 Å². The second-order valence-electron chi connectivity index (χ2n) is 7.22. The molecule has 126 valence electrons. The third kappa shape index (κ3) is 3.07. The number of rotatable bonds is 3. The van der Waals surface area contributed by atoms with Crippen molar-refractivity contribution in [2.24, 2.45) is 11.3 Å². The zero-order chi connectivity index (χ0) is 17.1. The van der Waals surface area contributed by atoms with Crippen molar-refractivity contribution in [1.82, 2.24) is 0 Å². The molecule has 2 atom stereocenters. The summed E-state index contributed by atoms with van der Waals surface area (Å²) in [6.45, 7) is 2.39. The first-order chi connectivity index (χ1) is 12.3. The van der Waals surface area contributed by atoms with Crippen LogP contribution in [0.5, 0.6) is 0 Å². The minimum absolute atomic E-state index is 0.205. The molecule has 0 fully saturated rings. The number of benzene rings is 1. The van der Waals surface area contributed by atoms with Crippen molar-refractivity contribution in [2.75, 3.05) is 4.90 Å². The SMILES string of the molecule is C[C@]12C=CC=CC1C(N(C1=CC=CCC=C1)c1ccccc1)=CCC2. The summed E-state index contributed by atoms with van der Waals surface area (Å²) in [5.74, 6) is 0.410. The van der Waals surface area contributed by atoms with E-state index >= 15 is 0 Å². The largest absolute Gasteiger partial charge is 0.314 e. The second-order valence-corrected chi connectivity index (χ2v) is 7.22. The summed E-state index contributed by atoms with van der Waals surface area (Å²) in [5.41, 5.74) is 4.06. The van der Waals surface area contributed by atoms with E-state index in [1.54, 1.807) is 0 Å². The summed E-state index contributed by atoms with van der Waals surface area (Å²) in [6, 6.07) is 10.7. The predicted octanol–water partition coefficient (Wildman–Crippen LogP) is 6.32. The maximum Gasteiger partial charge on any atom is 0.0458 e. The Bertz CT molecular complexity index is 804. The third-order valence-electron chi connectivity index (χ3n) is 5.45. The van der Waals surface area contributed by atoms with E-state index in [0.717, 1.165) is 12.8 Å². The number of hydrogen-bond acceptors (Lipinski definition) is 1. The molecule has 0 N–H and O–H groups in total. The zero-order valence-electron chi connectivity index (χ0n) is 14.8. The van der Waals surface area contributed by atoms with Crippen LogP contribution in [0, 0.1) is 11.3 Å². The van der Waals surface area contributed by atoms with Crippen molar-refractivity contribution < 1.29 is 0 Å². The number of anilines is 1. The number of fused-ring (bicyclic) bond motifs is 1. The molecule has 25 heavy (non-hydrogen) atoms. The fourth-order valence-corrected chi connectivity index (χ4v) is 4.08. The molecule has 0 bridgehead atoms. The van der Waals surface area contributed by atoms with Crippen LogP contribution >= 0.6 is 0 Å². The summed E-state index contributed by atoms with van der Waals surface area (Å²) in [6.07, 6.45) is 26.0. The van der Waals surface area contributed by atoms with Gasteiger partial charge >= 0.3 is 0 Å². The average molecular weight is 327 g/mol. The second kappa shape index (κ2) is 6.76. The van der Waals surface area contributed by atoms with E-state index in [4.69, 9.17) is 0 Å². The molecule has 1 unspecified atom stereocenters. The summed E-state index contributed by atoms with van der Waals surface area (Å²) in [5, 5.41) is 0. The Balaban J connectivity index is 1.82. The lowest BCUT2D eigenvalue weighted by Gasteiger charge is -2.44. The Morgan fingerprint density at radius 1 is 1.04 bits per heavy atom. The smallest absolute Gasteiger partial charge is 0.0458 e. The van der Waals surface area contributed by atoms with Crippen LogP contribution in [-0.2, 0) is 0 Å². The number of allylic oxidation sites excluding steroid dienone is 10. The predicted molar refractivity (Wildman–Crippen MR) is 107 cm³/mol. The lowest BCUT2D eigenvalue weighted by molar-refractivity contribution is 0.297. The Labute approximate surface area is 151 Å². The first-order valence-corrected chi connectivity index (χ1v) is 9.23. The average Bonchev–Trinajstić information content (AvgIpc) is 2.92. The molecule has 0 saturated carbocycles. The Morgan fingerprint density at radius 3 is 2.80 bits per heavy atom. The van der Waals surface area contributed by atoms with Gasteiger partial charge in [0.15, 0.2) is 0 Å². The normalized spacial score (nSPS) is 27.3. The minimum atomic E-state index is 0.205. The van der Waals surface area contributed by atoms with E-state index in [9.17, 15) is 0 Å². The first-order valence-electron chi connectivity index (χ1n) is 9.23. The van der Waals surface area contributed by atoms with Crippen LogP contribution in [0.1, 0.15) is 26.2 Å². The van der Waals surface area contributed by atoms with E-state index in [1.165, 1.54) is 23.5 Å². The Kier molecular flexibility index (Phi) is 4.31. The van der Waals surface area contributed by atoms with Crippen molar-refractivity contribution in [3.8, 4) is 0 Å². The van der Waals surface area contributed by atoms with Crippen molar-refractivity contribution in [3.05, 3.63) is 102 Å². The Hall–Kier alpha value is -2.54. The molecule has 1 heteroatoms. The van der Waals surface area contributed by atoms with E-state index in [0.29, 0.717) is 5.92 Å². The molecule has 0 aliphatic heterocycles. The molecule has 0 heterocycles. The summed E-state index contributed by atoms with van der Waals surface area (Å²) < 4.78 is 0. The molecule has 0 aromatic heterocycles. The molecule has 1 aromatic rings. The van der Waals surface area contributed by atoms with Gasteiger partial charge in [0.05, 0.1) is 0 Å². The topological polar surface area (TPSA) is 3.24 Å². The molecule has 3 aliphatic carbocycles. The first kappa shape index (κ1) is 16.0. The summed E-state index contributed by atoms with van der Waals surface area (Å²) in [7, 11) is 0. The summed E-state index contributed by atoms with van der Waals surface area (Å²) in [4.78, 5) is 2.44. The van der Waals surface area contributed by atoms with E-state index in [-0.39, 0.29) is 5.41 Å². The maximum absolute atomic E-state index is 2.44. The molecule has 3 aliphatic rings. The van der Waals surface area contributed by atoms with Crippen molar-refractivity contribution >= 4 is 5.69 Å². The van der Waals surface area contributed by atoms with Crippen LogP contribution in [0.3, 0.4) is 0 Å². The minimum Gasteiger partial charge on any atom is -0.314 e. The van der Waals surface area contributed by atoms with E-state index in [1.807, 2.05) is 0 Å². The fraction of sp³-hybridized carbons (Fsp3) is 0.250. The molecule has 1 nitrogen and oxygen atoms in total. The number of hydrogen-bond donors (Lipinski definition) is 0. The van der Waals surface area contributed by atoms with Crippen LogP contribution in [-0.4, -0.2) is 0 Å². The van der Waals surface area contributed by atoms with Gasteiger partial charge < -0.3 is 4.90 Å². The van der Waals surface area contributed by atoms with Gasteiger partial charge in [-0.25, -0.2) is 0 Å². The highest BCUT2D eigenvalue weighted by Gasteiger charge is 2.38. The van der Waals surface area contributed by atoms with Crippen LogP contribution in [0.2, 0.25) is 0 Å². The molecule has 0 saturated heterocycles. The highest BCUT2D eigenvalue weighted by Crippen LogP contribution is 2.47. The van der Waals surface area contributed by atoms with Gasteiger partial charge in [-0.3, -0.25) is 0 Å². The molecule has 0 radical (unpaired) electrons. The lowest BCUT2D eigenvalue weighted by atomic mass is 9.66. The summed E-state index contributed by atoms with van der Waals surface area (Å²) >= 11 is 0. The van der Waals surface area contributed by atoms with Gasteiger partial charge in [-0.15, -0.1) is 0 Å². The molecular formula is C24H25N. The third-order valence-corrected chi connectivity index (χ3v) is 5.45. The van der Waals surface area contributed by atoms with Crippen molar-refractivity contribution in [1.29, 1.82) is 0 Å². The van der Waals surface area contributed by atoms with Crippen LogP contribution in [0.15, 0.2) is 102 Å². The van der Waals surface area contributed by atoms with Gasteiger partial charge in [0.2, 0.25) is 0 Å². The van der Waals surface area contributed by atoms with Gasteiger partial charge in [-0.05, 0) is 49.0 Å². The standard InChI is InChI=1S/C24H25N/c1-24-18-10-9-16-22(24)23(17-11-19-24)25(21-14-7-4-8-15-21)20-12-5-2-3-6-13-20/h2,4-10,12-18,22H,3,11,19H2,1H3/t22?,24-/m1/s1. The molecule has 4 rings (SSSR count). The van der Waals surface area contributed by atoms with Gasteiger partial charge in [0.1, 0.15) is 0 Å². The van der Waals surface area contributed by atoms with Crippen LogP contribution in [0.25, 0.3) is 0 Å². The monoisotopic (exact) mass is 327 g/mol. The highest BCUT2D eigenvalue weighted by atomic mass is 15.2. The quantitative estimate of drug-likeness (QED) is 0.628. The molecule has 0 amide bonds. The van der Waals surface area contributed by atoms with Crippen LogP contribution in [0.4, 0.5) is 5.69 Å². The number of nitrogens with zero attached hydrogens (tertiary/aromatic N) is 1. The van der Waals surface area contributed by atoms with Gasteiger partial charge in [0, 0.05) is 23.0 Å². The van der Waals surface area contributed by atoms with Gasteiger partial charge in [0.25, 0.3) is 0 Å². The van der Waals surface area contributed by atoms with Crippen LogP contribution < -0.4 is 4.90 Å². The fourth-order valence-electron chi connectivity index (χ4n) is 4.08. The van der Waals surface area contributed by atoms with E-state index in [2.05, 4.69) is 103 Å². The van der Waals surface area contributed by atoms with Crippen molar-refractivity contribution in [2.45, 2.75) is 26.2 Å². The molecular weight excluding hydrogens is 302 g/mol. The highest BCUT2D eigenvalue weighted by molar-refractivity contribution is 5.63. The lowest BCUT2D eigenvalue weighted by Crippen LogP contribution is -2.37. The zero-order valence-corrected chi connectivity index (χ0v) is 14.8.